The van der Waals surface area contributed by atoms with Gasteiger partial charge in [0.1, 0.15) is 0 Å². The molecule has 1 aliphatic heterocycles. The lowest BCUT2D eigenvalue weighted by Crippen LogP contribution is -2.36. The molecule has 2 amide bonds. The lowest BCUT2D eigenvalue weighted by molar-refractivity contribution is 0.0698. The predicted molar refractivity (Wildman–Crippen MR) is 80.8 cm³/mol. The van der Waals surface area contributed by atoms with E-state index in [-0.39, 0.29) is 11.6 Å². The van der Waals surface area contributed by atoms with E-state index in [1.54, 1.807) is 19.1 Å². The summed E-state index contributed by atoms with van der Waals surface area (Å²) in [7, 11) is 0. The Labute approximate surface area is 124 Å². The second-order valence-electron chi connectivity index (χ2n) is 5.23. The van der Waals surface area contributed by atoms with E-state index in [1.165, 1.54) is 18.9 Å². The standard InChI is InChI=1S/C15H21N3O3/c1-11-5-4-6-12(14(19)20)13(11)17-15(21)16-7-10-18-8-2-3-9-18/h4-6H,2-3,7-10H2,1H3,(H,19,20)(H2,16,17,21). The number of benzene rings is 1. The SMILES string of the molecule is Cc1cccc(C(=O)O)c1NC(=O)NCCN1CCCC1. The molecule has 0 atom stereocenters. The van der Waals surface area contributed by atoms with E-state index in [4.69, 9.17) is 5.11 Å². The van der Waals surface area contributed by atoms with Gasteiger partial charge in [-0.05, 0) is 44.5 Å². The molecule has 1 aliphatic rings. The van der Waals surface area contributed by atoms with Crippen molar-refractivity contribution in [1.82, 2.24) is 10.2 Å². The molecule has 1 aromatic carbocycles. The van der Waals surface area contributed by atoms with Gasteiger partial charge in [-0.3, -0.25) is 0 Å². The molecule has 0 radical (unpaired) electrons. The second-order valence-corrected chi connectivity index (χ2v) is 5.23. The summed E-state index contributed by atoms with van der Waals surface area (Å²) >= 11 is 0. The maximum Gasteiger partial charge on any atom is 0.337 e. The highest BCUT2D eigenvalue weighted by molar-refractivity contribution is 6.00. The Hall–Kier alpha value is -2.08. The third kappa shape index (κ3) is 4.19. The number of nitrogens with zero attached hydrogens (tertiary/aromatic N) is 1. The van der Waals surface area contributed by atoms with Gasteiger partial charge in [0.15, 0.2) is 0 Å². The molecule has 6 nitrogen and oxygen atoms in total. The van der Waals surface area contributed by atoms with Crippen molar-refractivity contribution in [3.8, 4) is 0 Å². The zero-order valence-corrected chi connectivity index (χ0v) is 12.2. The summed E-state index contributed by atoms with van der Waals surface area (Å²) in [6.07, 6.45) is 2.44. The first kappa shape index (κ1) is 15.3. The van der Waals surface area contributed by atoms with Crippen LogP contribution in [0.5, 0.6) is 0 Å². The lowest BCUT2D eigenvalue weighted by Gasteiger charge is -2.16. The van der Waals surface area contributed by atoms with Crippen molar-refractivity contribution < 1.29 is 14.7 Å². The van der Waals surface area contributed by atoms with Crippen LogP contribution in [0.25, 0.3) is 0 Å². The summed E-state index contributed by atoms with van der Waals surface area (Å²) in [5, 5.41) is 14.5. The fourth-order valence-corrected chi connectivity index (χ4v) is 2.50. The first-order valence-corrected chi connectivity index (χ1v) is 7.18. The zero-order chi connectivity index (χ0) is 15.2. The Kier molecular flexibility index (Phi) is 5.16. The Morgan fingerprint density at radius 2 is 2.00 bits per heavy atom. The molecule has 0 unspecified atom stereocenters. The van der Waals surface area contributed by atoms with Crippen molar-refractivity contribution in [3.05, 3.63) is 29.3 Å². The van der Waals surface area contributed by atoms with Gasteiger partial charge in [0, 0.05) is 13.1 Å². The molecular formula is C15H21N3O3. The van der Waals surface area contributed by atoms with Crippen molar-refractivity contribution in [1.29, 1.82) is 0 Å². The number of urea groups is 1. The van der Waals surface area contributed by atoms with Crippen LogP contribution in [-0.4, -0.2) is 48.2 Å². The van der Waals surface area contributed by atoms with Crippen LogP contribution >= 0.6 is 0 Å². The maximum atomic E-state index is 11.9. The van der Waals surface area contributed by atoms with Crippen molar-refractivity contribution in [3.63, 3.8) is 0 Å². The number of amides is 2. The van der Waals surface area contributed by atoms with Gasteiger partial charge in [0.25, 0.3) is 0 Å². The number of hydrogen-bond donors (Lipinski definition) is 3. The molecule has 114 valence electrons. The van der Waals surface area contributed by atoms with Crippen LogP contribution in [0.1, 0.15) is 28.8 Å². The van der Waals surface area contributed by atoms with Gasteiger partial charge in [-0.2, -0.15) is 0 Å². The predicted octanol–water partition coefficient (Wildman–Crippen LogP) is 1.91. The molecule has 0 saturated carbocycles. The maximum absolute atomic E-state index is 11.9. The van der Waals surface area contributed by atoms with E-state index >= 15 is 0 Å². The number of aryl methyl sites for hydroxylation is 1. The first-order chi connectivity index (χ1) is 10.1. The highest BCUT2D eigenvalue weighted by Gasteiger charge is 2.15. The fourth-order valence-electron chi connectivity index (χ4n) is 2.50. The van der Waals surface area contributed by atoms with Crippen molar-refractivity contribution >= 4 is 17.7 Å². The third-order valence-corrected chi connectivity index (χ3v) is 3.65. The number of para-hydroxylation sites is 1. The van der Waals surface area contributed by atoms with Crippen molar-refractivity contribution in [2.45, 2.75) is 19.8 Å². The van der Waals surface area contributed by atoms with Gasteiger partial charge in [-0.25, -0.2) is 9.59 Å². The molecule has 6 heteroatoms. The molecular weight excluding hydrogens is 270 g/mol. The monoisotopic (exact) mass is 291 g/mol. The van der Waals surface area contributed by atoms with Gasteiger partial charge in [-0.1, -0.05) is 12.1 Å². The highest BCUT2D eigenvalue weighted by atomic mass is 16.4. The first-order valence-electron chi connectivity index (χ1n) is 7.18. The molecule has 0 bridgehead atoms. The Balaban J connectivity index is 1.88. The number of nitrogens with one attached hydrogen (secondary N) is 2. The molecule has 0 spiro atoms. The molecule has 3 N–H and O–H groups in total. The van der Waals surface area contributed by atoms with Crippen LogP contribution in [0, 0.1) is 6.92 Å². The van der Waals surface area contributed by atoms with Gasteiger partial charge in [-0.15, -0.1) is 0 Å². The number of anilines is 1. The summed E-state index contributed by atoms with van der Waals surface area (Å²) in [6.45, 7) is 5.33. The molecule has 1 fully saturated rings. The number of carbonyl (C=O) groups is 2. The average molecular weight is 291 g/mol. The average Bonchev–Trinajstić information content (AvgIpc) is 2.94. The Bertz CT molecular complexity index is 525. The van der Waals surface area contributed by atoms with Crippen molar-refractivity contribution in [2.24, 2.45) is 0 Å². The minimum absolute atomic E-state index is 0.102. The Morgan fingerprint density at radius 1 is 1.29 bits per heavy atom. The molecule has 1 heterocycles. The number of rotatable bonds is 5. The second kappa shape index (κ2) is 7.08. The van der Waals surface area contributed by atoms with Gasteiger partial charge >= 0.3 is 12.0 Å². The van der Waals surface area contributed by atoms with Crippen LogP contribution in [0.4, 0.5) is 10.5 Å². The number of carboxylic acid groups (broad SMARTS) is 1. The van der Waals surface area contributed by atoms with Crippen LogP contribution in [-0.2, 0) is 0 Å². The van der Waals surface area contributed by atoms with E-state index in [0.717, 1.165) is 25.2 Å². The van der Waals surface area contributed by atoms with E-state index in [0.29, 0.717) is 12.2 Å². The van der Waals surface area contributed by atoms with E-state index < -0.39 is 5.97 Å². The summed E-state index contributed by atoms with van der Waals surface area (Å²) in [5.41, 5.74) is 1.18. The smallest absolute Gasteiger partial charge is 0.337 e. The molecule has 2 rings (SSSR count). The number of aromatic carboxylic acids is 1. The van der Waals surface area contributed by atoms with Crippen LogP contribution < -0.4 is 10.6 Å². The molecule has 21 heavy (non-hydrogen) atoms. The van der Waals surface area contributed by atoms with Gasteiger partial charge < -0.3 is 20.6 Å². The van der Waals surface area contributed by atoms with E-state index in [2.05, 4.69) is 15.5 Å². The minimum atomic E-state index is -1.05. The fraction of sp³-hybridized carbons (Fsp3) is 0.467. The van der Waals surface area contributed by atoms with Crippen molar-refractivity contribution in [2.75, 3.05) is 31.5 Å². The zero-order valence-electron chi connectivity index (χ0n) is 12.2. The summed E-state index contributed by atoms with van der Waals surface area (Å²) < 4.78 is 0. The van der Waals surface area contributed by atoms with Gasteiger partial charge in [0.05, 0.1) is 11.3 Å². The highest BCUT2D eigenvalue weighted by Crippen LogP contribution is 2.20. The van der Waals surface area contributed by atoms with Crippen LogP contribution in [0.3, 0.4) is 0 Å². The number of likely N-dealkylation sites (tertiary alicyclic amines) is 1. The molecule has 1 aromatic rings. The Morgan fingerprint density at radius 3 is 2.67 bits per heavy atom. The van der Waals surface area contributed by atoms with Crippen LogP contribution in [0.2, 0.25) is 0 Å². The van der Waals surface area contributed by atoms with E-state index in [9.17, 15) is 9.59 Å². The molecule has 1 saturated heterocycles. The molecule has 0 aromatic heterocycles. The number of carbonyl (C=O) groups excluding carboxylic acids is 1. The largest absolute Gasteiger partial charge is 0.478 e. The van der Waals surface area contributed by atoms with Gasteiger partial charge in [0.2, 0.25) is 0 Å². The summed E-state index contributed by atoms with van der Waals surface area (Å²) in [5.74, 6) is -1.05. The lowest BCUT2D eigenvalue weighted by atomic mass is 10.1. The third-order valence-electron chi connectivity index (χ3n) is 3.65. The molecule has 0 aliphatic carbocycles. The number of carboxylic acids is 1. The van der Waals surface area contributed by atoms with E-state index in [1.807, 2.05) is 0 Å². The summed E-state index contributed by atoms with van der Waals surface area (Å²) in [4.78, 5) is 25.3. The minimum Gasteiger partial charge on any atom is -0.478 e. The quantitative estimate of drug-likeness (QED) is 0.774. The van der Waals surface area contributed by atoms with Crippen LogP contribution in [0.15, 0.2) is 18.2 Å². The summed E-state index contributed by atoms with van der Waals surface area (Å²) in [6, 6.07) is 4.54. The normalized spacial score (nSPS) is 14.9. The topological polar surface area (TPSA) is 81.7 Å². The number of hydrogen-bond acceptors (Lipinski definition) is 3.